The van der Waals surface area contributed by atoms with E-state index in [1.54, 1.807) is 0 Å². The standard InChI is InChI=1S/C15H23N3/c1-15(2)9-4-10-18(15)14-6-3-5-13(17-14)11-16-12-7-8-12/h3,5-6,12,16H,4,7-11H2,1-2H3. The van der Waals surface area contributed by atoms with Gasteiger partial charge in [0.25, 0.3) is 0 Å². The minimum atomic E-state index is 0.259. The van der Waals surface area contributed by atoms with E-state index in [9.17, 15) is 0 Å². The third-order valence-electron chi connectivity index (χ3n) is 4.12. The van der Waals surface area contributed by atoms with Gasteiger partial charge >= 0.3 is 0 Å². The number of anilines is 1. The molecule has 3 rings (SSSR count). The van der Waals surface area contributed by atoms with Gasteiger partial charge in [-0.15, -0.1) is 0 Å². The van der Waals surface area contributed by atoms with E-state index < -0.39 is 0 Å². The molecule has 0 atom stereocenters. The lowest BCUT2D eigenvalue weighted by Crippen LogP contribution is -2.38. The molecule has 98 valence electrons. The lowest BCUT2D eigenvalue weighted by Gasteiger charge is -2.32. The molecule has 0 amide bonds. The van der Waals surface area contributed by atoms with E-state index in [1.165, 1.54) is 31.4 Å². The molecule has 2 heterocycles. The van der Waals surface area contributed by atoms with Crippen molar-refractivity contribution in [2.24, 2.45) is 0 Å². The summed E-state index contributed by atoms with van der Waals surface area (Å²) in [7, 11) is 0. The second kappa shape index (κ2) is 4.54. The summed E-state index contributed by atoms with van der Waals surface area (Å²) in [5.74, 6) is 1.15. The number of hydrogen-bond acceptors (Lipinski definition) is 3. The quantitative estimate of drug-likeness (QED) is 0.884. The maximum absolute atomic E-state index is 4.81. The number of nitrogens with one attached hydrogen (secondary N) is 1. The van der Waals surface area contributed by atoms with Crippen molar-refractivity contribution in [3.05, 3.63) is 23.9 Å². The third kappa shape index (κ3) is 2.51. The first-order chi connectivity index (χ1) is 8.65. The molecule has 2 aliphatic rings. The van der Waals surface area contributed by atoms with Gasteiger partial charge in [0.1, 0.15) is 5.82 Å². The molecule has 1 aliphatic heterocycles. The molecule has 1 saturated carbocycles. The molecular weight excluding hydrogens is 222 g/mol. The van der Waals surface area contributed by atoms with Crippen molar-refractivity contribution in [2.45, 2.75) is 57.7 Å². The zero-order valence-electron chi connectivity index (χ0n) is 11.4. The second-order valence-electron chi connectivity index (χ2n) is 6.21. The molecule has 0 aromatic carbocycles. The van der Waals surface area contributed by atoms with Crippen LogP contribution in [0, 0.1) is 0 Å². The fourth-order valence-electron chi connectivity index (χ4n) is 2.78. The summed E-state index contributed by atoms with van der Waals surface area (Å²) < 4.78 is 0. The van der Waals surface area contributed by atoms with Crippen LogP contribution in [0.1, 0.15) is 45.2 Å². The van der Waals surface area contributed by atoms with Crippen molar-refractivity contribution >= 4 is 5.82 Å². The van der Waals surface area contributed by atoms with E-state index in [0.717, 1.165) is 24.9 Å². The largest absolute Gasteiger partial charge is 0.351 e. The highest BCUT2D eigenvalue weighted by molar-refractivity contribution is 5.43. The van der Waals surface area contributed by atoms with Crippen molar-refractivity contribution in [1.82, 2.24) is 10.3 Å². The highest BCUT2D eigenvalue weighted by Crippen LogP contribution is 2.32. The van der Waals surface area contributed by atoms with Gasteiger partial charge in [-0.05, 0) is 51.7 Å². The van der Waals surface area contributed by atoms with Crippen LogP contribution >= 0.6 is 0 Å². The highest BCUT2D eigenvalue weighted by atomic mass is 15.3. The average molecular weight is 245 g/mol. The van der Waals surface area contributed by atoms with Crippen LogP contribution in [0.3, 0.4) is 0 Å². The van der Waals surface area contributed by atoms with Gasteiger partial charge in [0.15, 0.2) is 0 Å². The summed E-state index contributed by atoms with van der Waals surface area (Å²) in [6.45, 7) is 6.68. The first kappa shape index (κ1) is 12.0. The van der Waals surface area contributed by atoms with Crippen LogP contribution in [0.2, 0.25) is 0 Å². The summed E-state index contributed by atoms with van der Waals surface area (Å²) in [6, 6.07) is 7.16. The summed E-state index contributed by atoms with van der Waals surface area (Å²) >= 11 is 0. The molecule has 0 radical (unpaired) electrons. The number of aromatic nitrogens is 1. The molecule has 3 nitrogen and oxygen atoms in total. The second-order valence-corrected chi connectivity index (χ2v) is 6.21. The zero-order valence-corrected chi connectivity index (χ0v) is 11.4. The summed E-state index contributed by atoms with van der Waals surface area (Å²) in [5, 5.41) is 3.53. The molecule has 1 aromatic rings. The molecule has 18 heavy (non-hydrogen) atoms. The maximum atomic E-state index is 4.81. The predicted molar refractivity (Wildman–Crippen MR) is 74.8 cm³/mol. The molecular formula is C15H23N3. The van der Waals surface area contributed by atoms with Crippen LogP contribution in [0.25, 0.3) is 0 Å². The van der Waals surface area contributed by atoms with Crippen LogP contribution < -0.4 is 10.2 Å². The van der Waals surface area contributed by atoms with Gasteiger partial charge in [0.05, 0.1) is 5.69 Å². The van der Waals surface area contributed by atoms with E-state index in [2.05, 4.69) is 42.3 Å². The highest BCUT2D eigenvalue weighted by Gasteiger charge is 2.32. The number of nitrogens with zero attached hydrogens (tertiary/aromatic N) is 2. The SMILES string of the molecule is CC1(C)CCCN1c1cccc(CNC2CC2)n1. The van der Waals surface area contributed by atoms with Gasteiger partial charge < -0.3 is 10.2 Å². The van der Waals surface area contributed by atoms with Crippen LogP contribution in [0.15, 0.2) is 18.2 Å². The van der Waals surface area contributed by atoms with E-state index in [0.29, 0.717) is 0 Å². The molecule has 1 aliphatic carbocycles. The molecule has 0 spiro atoms. The van der Waals surface area contributed by atoms with Gasteiger partial charge in [-0.25, -0.2) is 4.98 Å². The molecule has 1 aromatic heterocycles. The van der Waals surface area contributed by atoms with Gasteiger partial charge in [-0.1, -0.05) is 6.07 Å². The maximum Gasteiger partial charge on any atom is 0.129 e. The summed E-state index contributed by atoms with van der Waals surface area (Å²) in [5.41, 5.74) is 1.43. The molecule has 1 N–H and O–H groups in total. The zero-order chi connectivity index (χ0) is 12.6. The fraction of sp³-hybridized carbons (Fsp3) is 0.667. The van der Waals surface area contributed by atoms with Crippen molar-refractivity contribution in [2.75, 3.05) is 11.4 Å². The van der Waals surface area contributed by atoms with Crippen LogP contribution in [0.5, 0.6) is 0 Å². The lowest BCUT2D eigenvalue weighted by atomic mass is 10.0. The number of hydrogen-bond donors (Lipinski definition) is 1. The topological polar surface area (TPSA) is 28.2 Å². The van der Waals surface area contributed by atoms with Gasteiger partial charge in [0.2, 0.25) is 0 Å². The Bertz CT molecular complexity index is 424. The van der Waals surface area contributed by atoms with Crippen LogP contribution in [-0.2, 0) is 6.54 Å². The minimum absolute atomic E-state index is 0.259. The van der Waals surface area contributed by atoms with Gasteiger partial charge in [-0.3, -0.25) is 0 Å². The number of pyridine rings is 1. The van der Waals surface area contributed by atoms with E-state index in [-0.39, 0.29) is 5.54 Å². The molecule has 0 unspecified atom stereocenters. The van der Waals surface area contributed by atoms with Crippen molar-refractivity contribution < 1.29 is 0 Å². The third-order valence-corrected chi connectivity index (χ3v) is 4.12. The van der Waals surface area contributed by atoms with E-state index in [4.69, 9.17) is 4.98 Å². The van der Waals surface area contributed by atoms with Crippen LogP contribution in [-0.4, -0.2) is 23.1 Å². The van der Waals surface area contributed by atoms with Gasteiger partial charge in [-0.2, -0.15) is 0 Å². The number of rotatable bonds is 4. The predicted octanol–water partition coefficient (Wildman–Crippen LogP) is 2.71. The monoisotopic (exact) mass is 245 g/mol. The van der Waals surface area contributed by atoms with Crippen molar-refractivity contribution in [3.63, 3.8) is 0 Å². The summed E-state index contributed by atoms with van der Waals surface area (Å²) in [4.78, 5) is 7.27. The Morgan fingerprint density at radius 3 is 2.89 bits per heavy atom. The minimum Gasteiger partial charge on any atom is -0.351 e. The Hall–Kier alpha value is -1.09. The first-order valence-electron chi connectivity index (χ1n) is 7.12. The van der Waals surface area contributed by atoms with E-state index >= 15 is 0 Å². The average Bonchev–Trinajstić information content (AvgIpc) is 3.10. The van der Waals surface area contributed by atoms with Crippen LogP contribution in [0.4, 0.5) is 5.82 Å². The normalized spacial score (nSPS) is 22.4. The Balaban J connectivity index is 1.73. The fourth-order valence-corrected chi connectivity index (χ4v) is 2.78. The summed E-state index contributed by atoms with van der Waals surface area (Å²) in [6.07, 6.45) is 5.20. The first-order valence-corrected chi connectivity index (χ1v) is 7.12. The Labute approximate surface area is 110 Å². The lowest BCUT2D eigenvalue weighted by molar-refractivity contribution is 0.513. The molecule has 2 fully saturated rings. The molecule has 0 bridgehead atoms. The van der Waals surface area contributed by atoms with Crippen molar-refractivity contribution in [1.29, 1.82) is 0 Å². The Kier molecular flexibility index (Phi) is 3.02. The van der Waals surface area contributed by atoms with Crippen molar-refractivity contribution in [3.8, 4) is 0 Å². The smallest absolute Gasteiger partial charge is 0.129 e. The Morgan fingerprint density at radius 1 is 1.39 bits per heavy atom. The molecule has 3 heteroatoms. The van der Waals surface area contributed by atoms with E-state index in [1.807, 2.05) is 0 Å². The molecule has 1 saturated heterocycles. The Morgan fingerprint density at radius 2 is 2.22 bits per heavy atom. The van der Waals surface area contributed by atoms with Gasteiger partial charge in [0, 0.05) is 24.7 Å².